The second kappa shape index (κ2) is 5.61. The van der Waals surface area contributed by atoms with Crippen LogP contribution in [0.25, 0.3) is 0 Å². The summed E-state index contributed by atoms with van der Waals surface area (Å²) in [4.78, 5) is 0. The smallest absolute Gasteiger partial charge is 0.235 e. The fraction of sp³-hybridized carbons (Fsp3) is 0.667. The Labute approximate surface area is 113 Å². The lowest BCUT2D eigenvalue weighted by Crippen LogP contribution is -2.29. The highest BCUT2D eigenvalue weighted by molar-refractivity contribution is 9.10. The lowest BCUT2D eigenvalue weighted by molar-refractivity contribution is 0.558. The van der Waals surface area contributed by atoms with Crippen molar-refractivity contribution in [3.63, 3.8) is 0 Å². The maximum atomic E-state index is 11.8. The highest BCUT2D eigenvalue weighted by Crippen LogP contribution is 2.17. The molecule has 0 bridgehead atoms. The summed E-state index contributed by atoms with van der Waals surface area (Å²) >= 11 is 2.96. The van der Waals surface area contributed by atoms with Gasteiger partial charge in [0.15, 0.2) is 4.60 Å². The molecule has 0 amide bonds. The Balaban J connectivity index is 2.67. The van der Waals surface area contributed by atoms with Gasteiger partial charge in [-0.2, -0.15) is 0 Å². The molecule has 0 unspecified atom stereocenters. The van der Waals surface area contributed by atoms with Crippen LogP contribution in [0.2, 0.25) is 0 Å². The first kappa shape index (κ1) is 15.5. The highest BCUT2D eigenvalue weighted by atomic mass is 79.9. The topological polar surface area (TPSA) is 137 Å². The van der Waals surface area contributed by atoms with E-state index >= 15 is 0 Å². The SMILES string of the molecule is Cn1nnc(Br)c1S(=O)(=O)NCCCS(N)(=O)=O. The third-order valence-corrected chi connectivity index (χ3v) is 5.09. The molecule has 1 rings (SSSR count). The van der Waals surface area contributed by atoms with E-state index in [0.29, 0.717) is 0 Å². The molecule has 3 N–H and O–H groups in total. The van der Waals surface area contributed by atoms with Crippen LogP contribution in [-0.2, 0) is 27.1 Å². The van der Waals surface area contributed by atoms with E-state index in [-0.39, 0.29) is 28.3 Å². The number of nitrogens with zero attached hydrogens (tertiary/aromatic N) is 3. The molecule has 0 atom stereocenters. The summed E-state index contributed by atoms with van der Waals surface area (Å²) < 4.78 is 48.4. The summed E-state index contributed by atoms with van der Waals surface area (Å²) in [5.41, 5.74) is 0. The van der Waals surface area contributed by atoms with Crippen LogP contribution in [0.1, 0.15) is 6.42 Å². The Morgan fingerprint density at radius 3 is 2.44 bits per heavy atom. The van der Waals surface area contributed by atoms with Crippen LogP contribution in [0.15, 0.2) is 9.63 Å². The molecule has 0 aliphatic heterocycles. The number of nitrogens with one attached hydrogen (secondary N) is 1. The summed E-state index contributed by atoms with van der Waals surface area (Å²) in [5.74, 6) is -0.291. The van der Waals surface area contributed by atoms with Gasteiger partial charge in [0.25, 0.3) is 10.0 Å². The van der Waals surface area contributed by atoms with Gasteiger partial charge in [-0.1, -0.05) is 5.21 Å². The van der Waals surface area contributed by atoms with Crippen molar-refractivity contribution in [2.45, 2.75) is 11.4 Å². The Morgan fingerprint density at radius 2 is 2.00 bits per heavy atom. The molecule has 0 saturated heterocycles. The van der Waals surface area contributed by atoms with E-state index in [2.05, 4.69) is 31.0 Å². The van der Waals surface area contributed by atoms with Crippen LogP contribution in [-0.4, -0.2) is 44.1 Å². The van der Waals surface area contributed by atoms with Crippen molar-refractivity contribution in [3.05, 3.63) is 4.60 Å². The second-order valence-electron chi connectivity index (χ2n) is 3.43. The number of primary sulfonamides is 1. The van der Waals surface area contributed by atoms with E-state index in [1.165, 1.54) is 7.05 Å². The Morgan fingerprint density at radius 1 is 1.39 bits per heavy atom. The monoisotopic (exact) mass is 361 g/mol. The fourth-order valence-electron chi connectivity index (χ4n) is 1.16. The largest absolute Gasteiger partial charge is 0.260 e. The van der Waals surface area contributed by atoms with Crippen molar-refractivity contribution < 1.29 is 16.8 Å². The quantitative estimate of drug-likeness (QED) is 0.593. The van der Waals surface area contributed by atoms with Gasteiger partial charge in [-0.05, 0) is 22.4 Å². The van der Waals surface area contributed by atoms with Crippen LogP contribution < -0.4 is 9.86 Å². The number of rotatable bonds is 6. The van der Waals surface area contributed by atoms with Crippen molar-refractivity contribution in [1.82, 2.24) is 19.7 Å². The molecule has 0 aliphatic rings. The Kier molecular flexibility index (Phi) is 4.83. The predicted octanol–water partition coefficient (Wildman–Crippen LogP) is -1.47. The number of sulfonamides is 2. The van der Waals surface area contributed by atoms with Crippen LogP contribution in [0.3, 0.4) is 0 Å². The zero-order valence-electron chi connectivity index (χ0n) is 9.37. The molecule has 1 heterocycles. The summed E-state index contributed by atoms with van der Waals surface area (Å²) in [7, 11) is -5.95. The summed E-state index contributed by atoms with van der Waals surface area (Å²) in [6.07, 6.45) is 0.0843. The number of hydrogen-bond acceptors (Lipinski definition) is 6. The third kappa shape index (κ3) is 4.28. The van der Waals surface area contributed by atoms with E-state index < -0.39 is 20.0 Å². The summed E-state index contributed by atoms with van der Waals surface area (Å²) in [6, 6.07) is 0. The molecule has 0 aliphatic carbocycles. The third-order valence-electron chi connectivity index (χ3n) is 1.89. The number of nitrogens with two attached hydrogens (primary N) is 1. The molecule has 0 spiro atoms. The first-order valence-corrected chi connectivity index (χ1v) is 8.68. The van der Waals surface area contributed by atoms with Crippen molar-refractivity contribution in [1.29, 1.82) is 0 Å². The van der Waals surface area contributed by atoms with E-state index in [0.717, 1.165) is 4.68 Å². The normalized spacial score (nSPS) is 12.8. The van der Waals surface area contributed by atoms with Gasteiger partial charge in [0.05, 0.1) is 5.75 Å². The van der Waals surface area contributed by atoms with Crippen LogP contribution >= 0.6 is 15.9 Å². The zero-order valence-corrected chi connectivity index (χ0v) is 12.6. The molecule has 9 nitrogen and oxygen atoms in total. The predicted molar refractivity (Wildman–Crippen MR) is 66.5 cm³/mol. The molecule has 1 aromatic rings. The molecule has 104 valence electrons. The van der Waals surface area contributed by atoms with Crippen LogP contribution in [0, 0.1) is 0 Å². The number of aryl methyl sites for hydroxylation is 1. The van der Waals surface area contributed by atoms with E-state index in [1.54, 1.807) is 0 Å². The van der Waals surface area contributed by atoms with Gasteiger partial charge in [0.2, 0.25) is 15.0 Å². The molecule has 18 heavy (non-hydrogen) atoms. The van der Waals surface area contributed by atoms with Gasteiger partial charge in [-0.25, -0.2) is 31.4 Å². The van der Waals surface area contributed by atoms with Gasteiger partial charge in [0.1, 0.15) is 0 Å². The van der Waals surface area contributed by atoms with E-state index in [9.17, 15) is 16.8 Å². The lowest BCUT2D eigenvalue weighted by Gasteiger charge is -2.06. The van der Waals surface area contributed by atoms with Crippen molar-refractivity contribution in [2.24, 2.45) is 12.2 Å². The summed E-state index contributed by atoms with van der Waals surface area (Å²) in [5, 5.41) is 11.7. The lowest BCUT2D eigenvalue weighted by atomic mass is 10.5. The number of aromatic nitrogens is 3. The first-order chi connectivity index (χ1) is 8.13. The molecule has 12 heteroatoms. The van der Waals surface area contributed by atoms with Gasteiger partial charge in [-0.15, -0.1) is 5.10 Å². The van der Waals surface area contributed by atoms with Crippen LogP contribution in [0.4, 0.5) is 0 Å². The molecule has 1 aromatic heterocycles. The van der Waals surface area contributed by atoms with Crippen LogP contribution in [0.5, 0.6) is 0 Å². The first-order valence-electron chi connectivity index (χ1n) is 4.69. The molecular weight excluding hydrogens is 350 g/mol. The standard InChI is InChI=1S/C6H12BrN5O4S2/c1-12-6(5(7)10-11-12)18(15,16)9-3-2-4-17(8,13)14/h9H,2-4H2,1H3,(H2,8,13,14). The van der Waals surface area contributed by atoms with Crippen molar-refractivity contribution >= 4 is 36.0 Å². The van der Waals surface area contributed by atoms with E-state index in [1.807, 2.05) is 0 Å². The second-order valence-corrected chi connectivity index (χ2v) is 7.59. The molecule has 0 fully saturated rings. The molecule has 0 aromatic carbocycles. The minimum atomic E-state index is -3.79. The number of halogens is 1. The molecule has 0 radical (unpaired) electrons. The van der Waals surface area contributed by atoms with E-state index in [4.69, 9.17) is 5.14 Å². The maximum absolute atomic E-state index is 11.8. The summed E-state index contributed by atoms with van der Waals surface area (Å²) in [6.45, 7) is -0.0453. The van der Waals surface area contributed by atoms with Crippen molar-refractivity contribution in [3.8, 4) is 0 Å². The van der Waals surface area contributed by atoms with Gasteiger partial charge >= 0.3 is 0 Å². The van der Waals surface area contributed by atoms with Gasteiger partial charge < -0.3 is 0 Å². The van der Waals surface area contributed by atoms with Gasteiger partial charge in [0, 0.05) is 13.6 Å². The Bertz CT molecular complexity index is 603. The maximum Gasteiger partial charge on any atom is 0.260 e. The minimum Gasteiger partial charge on any atom is -0.235 e. The number of hydrogen-bond donors (Lipinski definition) is 2. The van der Waals surface area contributed by atoms with Gasteiger partial charge in [-0.3, -0.25) is 0 Å². The molecule has 0 saturated carbocycles. The average molecular weight is 362 g/mol. The fourth-order valence-corrected chi connectivity index (χ4v) is 3.87. The minimum absolute atomic E-state index is 0.0453. The Hall–Kier alpha value is -0.560. The zero-order chi connectivity index (χ0) is 14.0. The van der Waals surface area contributed by atoms with Crippen molar-refractivity contribution in [2.75, 3.05) is 12.3 Å². The molecular formula is C6H12BrN5O4S2. The highest BCUT2D eigenvalue weighted by Gasteiger charge is 2.23. The average Bonchev–Trinajstić information content (AvgIpc) is 2.52.